The molecule has 1 heteroatoms. The van der Waals surface area contributed by atoms with E-state index in [9.17, 15) is 5.11 Å². The van der Waals surface area contributed by atoms with Crippen molar-refractivity contribution in [3.05, 3.63) is 0 Å². The lowest BCUT2D eigenvalue weighted by Crippen LogP contribution is -2.32. The maximum Gasteiger partial charge on any atom is 0.0576 e. The SMILES string of the molecule is O[C@H]1CC2(CCCCC2)[C@H]2CCCC[C@H]12. The second-order valence-corrected chi connectivity index (χ2v) is 6.25. The van der Waals surface area contributed by atoms with E-state index in [4.69, 9.17) is 0 Å². The highest BCUT2D eigenvalue weighted by molar-refractivity contribution is 5.02. The third-order valence-electron chi connectivity index (χ3n) is 5.57. The van der Waals surface area contributed by atoms with Crippen LogP contribution >= 0.6 is 0 Å². The molecule has 86 valence electrons. The summed E-state index contributed by atoms with van der Waals surface area (Å²) in [7, 11) is 0. The number of fused-ring (bicyclic) bond motifs is 2. The molecule has 0 aliphatic heterocycles. The van der Waals surface area contributed by atoms with Crippen LogP contribution in [0.2, 0.25) is 0 Å². The molecule has 0 bridgehead atoms. The fourth-order valence-corrected chi connectivity index (χ4v) is 4.93. The molecule has 0 radical (unpaired) electrons. The van der Waals surface area contributed by atoms with Gasteiger partial charge in [-0.15, -0.1) is 0 Å². The van der Waals surface area contributed by atoms with Crippen LogP contribution in [0.15, 0.2) is 0 Å². The van der Waals surface area contributed by atoms with E-state index in [2.05, 4.69) is 0 Å². The van der Waals surface area contributed by atoms with Crippen molar-refractivity contribution in [3.63, 3.8) is 0 Å². The van der Waals surface area contributed by atoms with Crippen LogP contribution in [0, 0.1) is 17.3 Å². The van der Waals surface area contributed by atoms with E-state index in [0.29, 0.717) is 11.3 Å². The van der Waals surface area contributed by atoms with Crippen LogP contribution in [-0.2, 0) is 0 Å². The highest BCUT2D eigenvalue weighted by Crippen LogP contribution is 2.59. The lowest BCUT2D eigenvalue weighted by molar-refractivity contribution is 0.0744. The Morgan fingerprint density at radius 2 is 1.60 bits per heavy atom. The summed E-state index contributed by atoms with van der Waals surface area (Å²) in [4.78, 5) is 0. The summed E-state index contributed by atoms with van der Waals surface area (Å²) in [6, 6.07) is 0. The Labute approximate surface area is 93.3 Å². The normalized spacial score (nSPS) is 44.2. The van der Waals surface area contributed by atoms with Crippen molar-refractivity contribution >= 4 is 0 Å². The first-order chi connectivity index (χ1) is 7.32. The molecule has 0 aromatic rings. The standard InChI is InChI=1S/C14H24O/c15-13-10-14(8-4-1-5-9-14)12-7-3-2-6-11(12)13/h11-13,15H,1-10H2/t11-,12-,13-/m0/s1. The van der Waals surface area contributed by atoms with E-state index in [1.54, 1.807) is 0 Å². The van der Waals surface area contributed by atoms with Gasteiger partial charge in [-0.25, -0.2) is 0 Å². The summed E-state index contributed by atoms with van der Waals surface area (Å²) in [5.74, 6) is 1.57. The minimum absolute atomic E-state index is 0.0494. The molecule has 3 aliphatic rings. The van der Waals surface area contributed by atoms with Crippen molar-refractivity contribution in [3.8, 4) is 0 Å². The maximum atomic E-state index is 10.2. The van der Waals surface area contributed by atoms with Crippen molar-refractivity contribution in [2.75, 3.05) is 0 Å². The predicted molar refractivity (Wildman–Crippen MR) is 61.6 cm³/mol. The number of aliphatic hydroxyl groups excluding tert-OH is 1. The highest BCUT2D eigenvalue weighted by Gasteiger charge is 2.52. The topological polar surface area (TPSA) is 20.2 Å². The van der Waals surface area contributed by atoms with E-state index in [1.165, 1.54) is 57.8 Å². The summed E-state index contributed by atoms with van der Waals surface area (Å²) in [6.07, 6.45) is 13.9. The van der Waals surface area contributed by atoms with Crippen molar-refractivity contribution in [2.24, 2.45) is 17.3 Å². The van der Waals surface area contributed by atoms with Gasteiger partial charge in [0.15, 0.2) is 0 Å². The molecule has 0 amide bonds. The molecule has 0 heterocycles. The Morgan fingerprint density at radius 1 is 0.867 bits per heavy atom. The molecular formula is C14H24O. The zero-order valence-corrected chi connectivity index (χ0v) is 9.75. The van der Waals surface area contributed by atoms with Crippen LogP contribution in [0.4, 0.5) is 0 Å². The zero-order valence-electron chi connectivity index (χ0n) is 9.75. The van der Waals surface area contributed by atoms with Gasteiger partial charge in [0, 0.05) is 0 Å². The van der Waals surface area contributed by atoms with Gasteiger partial charge in [-0.2, -0.15) is 0 Å². The number of hydrogen-bond donors (Lipinski definition) is 1. The van der Waals surface area contributed by atoms with Gasteiger partial charge < -0.3 is 5.11 Å². The van der Waals surface area contributed by atoms with E-state index < -0.39 is 0 Å². The first kappa shape index (κ1) is 10.1. The summed E-state index contributed by atoms with van der Waals surface area (Å²) < 4.78 is 0. The molecular weight excluding hydrogens is 184 g/mol. The van der Waals surface area contributed by atoms with E-state index >= 15 is 0 Å². The molecule has 3 rings (SSSR count). The summed E-state index contributed by atoms with van der Waals surface area (Å²) >= 11 is 0. The van der Waals surface area contributed by atoms with E-state index in [-0.39, 0.29) is 6.10 Å². The molecule has 1 N–H and O–H groups in total. The van der Waals surface area contributed by atoms with Crippen LogP contribution in [0.25, 0.3) is 0 Å². The lowest BCUT2D eigenvalue weighted by Gasteiger charge is -2.42. The fourth-order valence-electron chi connectivity index (χ4n) is 4.93. The molecule has 0 aromatic heterocycles. The summed E-state index contributed by atoms with van der Waals surface area (Å²) in [5.41, 5.74) is 0.586. The van der Waals surface area contributed by atoms with Gasteiger partial charge in [0.2, 0.25) is 0 Å². The van der Waals surface area contributed by atoms with Gasteiger partial charge in [0.05, 0.1) is 6.10 Å². The van der Waals surface area contributed by atoms with Crippen LogP contribution in [0.3, 0.4) is 0 Å². The van der Waals surface area contributed by atoms with Crippen LogP contribution < -0.4 is 0 Å². The fraction of sp³-hybridized carbons (Fsp3) is 1.00. The molecule has 3 fully saturated rings. The Balaban J connectivity index is 1.83. The number of hydrogen-bond acceptors (Lipinski definition) is 1. The minimum atomic E-state index is 0.0494. The highest BCUT2D eigenvalue weighted by atomic mass is 16.3. The van der Waals surface area contributed by atoms with Crippen molar-refractivity contribution in [1.29, 1.82) is 0 Å². The first-order valence-electron chi connectivity index (χ1n) is 7.00. The van der Waals surface area contributed by atoms with Gasteiger partial charge in [0.1, 0.15) is 0 Å². The minimum Gasteiger partial charge on any atom is -0.393 e. The third kappa shape index (κ3) is 1.54. The van der Waals surface area contributed by atoms with Crippen LogP contribution in [0.5, 0.6) is 0 Å². The molecule has 3 saturated carbocycles. The van der Waals surface area contributed by atoms with Crippen molar-refractivity contribution in [1.82, 2.24) is 0 Å². The Hall–Kier alpha value is -0.0400. The molecule has 3 atom stereocenters. The number of aliphatic hydroxyl groups is 1. The van der Waals surface area contributed by atoms with Gasteiger partial charge in [-0.3, -0.25) is 0 Å². The maximum absolute atomic E-state index is 10.2. The van der Waals surface area contributed by atoms with Gasteiger partial charge in [0.25, 0.3) is 0 Å². The van der Waals surface area contributed by atoms with Gasteiger partial charge in [-0.1, -0.05) is 32.1 Å². The Bertz CT molecular complexity index is 229. The third-order valence-corrected chi connectivity index (χ3v) is 5.57. The average Bonchev–Trinajstić information content (AvgIpc) is 2.55. The average molecular weight is 208 g/mol. The molecule has 3 aliphatic carbocycles. The molecule has 15 heavy (non-hydrogen) atoms. The largest absolute Gasteiger partial charge is 0.393 e. The van der Waals surface area contributed by atoms with Crippen LogP contribution in [-0.4, -0.2) is 11.2 Å². The molecule has 0 saturated heterocycles. The second kappa shape index (κ2) is 3.76. The lowest BCUT2D eigenvalue weighted by atomic mass is 9.63. The molecule has 0 aromatic carbocycles. The predicted octanol–water partition coefficient (Wildman–Crippen LogP) is 3.51. The van der Waals surface area contributed by atoms with Crippen molar-refractivity contribution in [2.45, 2.75) is 70.3 Å². The quantitative estimate of drug-likeness (QED) is 0.646. The second-order valence-electron chi connectivity index (χ2n) is 6.25. The van der Waals surface area contributed by atoms with Crippen molar-refractivity contribution < 1.29 is 5.11 Å². The smallest absolute Gasteiger partial charge is 0.0576 e. The van der Waals surface area contributed by atoms with Gasteiger partial charge >= 0.3 is 0 Å². The Morgan fingerprint density at radius 3 is 2.40 bits per heavy atom. The molecule has 1 nitrogen and oxygen atoms in total. The zero-order chi connectivity index (χ0) is 10.3. The molecule has 0 unspecified atom stereocenters. The molecule has 1 spiro atoms. The number of rotatable bonds is 0. The summed E-state index contributed by atoms with van der Waals surface area (Å²) in [6.45, 7) is 0. The monoisotopic (exact) mass is 208 g/mol. The van der Waals surface area contributed by atoms with Gasteiger partial charge in [-0.05, 0) is 49.4 Å². The van der Waals surface area contributed by atoms with E-state index in [1.807, 2.05) is 0 Å². The van der Waals surface area contributed by atoms with E-state index in [0.717, 1.165) is 12.3 Å². The van der Waals surface area contributed by atoms with Crippen LogP contribution in [0.1, 0.15) is 64.2 Å². The Kier molecular flexibility index (Phi) is 2.54. The summed E-state index contributed by atoms with van der Waals surface area (Å²) in [5, 5.41) is 10.2. The first-order valence-corrected chi connectivity index (χ1v) is 7.00.